The van der Waals surface area contributed by atoms with E-state index in [1.54, 1.807) is 63.2 Å². The van der Waals surface area contributed by atoms with E-state index in [1.165, 1.54) is 12.4 Å². The second-order valence-corrected chi connectivity index (χ2v) is 20.4. The number of carboxylic acid groups (broad SMARTS) is 1. The topological polar surface area (TPSA) is 159 Å². The fourth-order valence-corrected chi connectivity index (χ4v) is 9.38. The van der Waals surface area contributed by atoms with Crippen LogP contribution in [-0.4, -0.2) is 114 Å². The number of ketones is 2. The molecule has 400 valence electrons. The highest BCUT2D eigenvalue weighted by Gasteiger charge is 2.68. The highest BCUT2D eigenvalue weighted by Crippen LogP contribution is 2.67. The molecular weight excluding hydrogens is 998 g/mol. The zero-order valence-electron chi connectivity index (χ0n) is 42.7. The van der Waals surface area contributed by atoms with Crippen molar-refractivity contribution in [2.75, 3.05) is 41.3 Å². The Kier molecular flexibility index (Phi) is 21.6. The van der Waals surface area contributed by atoms with Gasteiger partial charge >= 0.3 is 18.3 Å². The summed E-state index contributed by atoms with van der Waals surface area (Å²) in [6.45, 7) is 8.00. The molecule has 1 amide bonds. The summed E-state index contributed by atoms with van der Waals surface area (Å²) in [5.74, 6) is -3.70. The van der Waals surface area contributed by atoms with E-state index in [-0.39, 0.29) is 68.0 Å². The van der Waals surface area contributed by atoms with E-state index < -0.39 is 53.3 Å². The van der Waals surface area contributed by atoms with Gasteiger partial charge in [-0.05, 0) is 139 Å². The molecule has 2 aromatic heterocycles. The van der Waals surface area contributed by atoms with E-state index >= 15 is 0 Å². The number of Topliss-reactive ketones (excluding diaryl/α,β-unsaturated/α-hetero) is 2. The minimum absolute atomic E-state index is 0.000576. The molecular formula is C54H68Cl2F6N6O5. The van der Waals surface area contributed by atoms with Gasteiger partial charge in [-0.15, -0.1) is 0 Å². The molecule has 0 bridgehead atoms. The fraction of sp³-hybridized carbons (Fsp3) is 0.519. The first-order chi connectivity index (χ1) is 34.1. The van der Waals surface area contributed by atoms with Gasteiger partial charge in [0.15, 0.2) is 11.6 Å². The molecule has 6 rings (SSSR count). The van der Waals surface area contributed by atoms with Crippen molar-refractivity contribution in [1.82, 2.24) is 25.1 Å². The Morgan fingerprint density at radius 3 is 1.38 bits per heavy atom. The van der Waals surface area contributed by atoms with Crippen LogP contribution in [0.25, 0.3) is 0 Å². The van der Waals surface area contributed by atoms with Crippen LogP contribution in [-0.2, 0) is 22.4 Å². The number of hydrogen-bond acceptors (Lipinski definition) is 9. The SMILES string of the molecule is CCC(=O)c1ccc(C[C@@H](CN)N(C)C)c(Cl)c1.CCC(=O)c1ccc(C[C@@H](CNC(=O)CC(c2cc(C)ccn2)C2(C(F)(F)F)CC2)N(C)C)c(Cl)c1.Cc1ccnc(C(CC(=O)O)C2(C(F)(F)F)CC2)c1. The van der Waals surface area contributed by atoms with E-state index in [0.29, 0.717) is 52.7 Å². The third-order valence-electron chi connectivity index (χ3n) is 14.0. The molecule has 11 nitrogen and oxygen atoms in total. The average Bonchev–Trinajstić information content (AvgIpc) is 4.27. The van der Waals surface area contributed by atoms with Crippen LogP contribution < -0.4 is 11.1 Å². The molecule has 2 aliphatic rings. The molecule has 0 spiro atoms. The predicted octanol–water partition coefficient (Wildman–Crippen LogP) is 11.4. The molecule has 19 heteroatoms. The first-order valence-corrected chi connectivity index (χ1v) is 25.0. The van der Waals surface area contributed by atoms with Crippen LogP contribution >= 0.6 is 23.2 Å². The number of aromatic nitrogens is 2. The average molecular weight is 1070 g/mol. The van der Waals surface area contributed by atoms with E-state index in [9.17, 15) is 45.5 Å². The Balaban J connectivity index is 0.000000262. The van der Waals surface area contributed by atoms with Gasteiger partial charge in [0, 0.05) is 101 Å². The van der Waals surface area contributed by atoms with Crippen molar-refractivity contribution in [3.05, 3.63) is 128 Å². The number of benzene rings is 2. The normalized spacial score (nSPS) is 16.2. The van der Waals surface area contributed by atoms with Crippen LogP contribution in [0.5, 0.6) is 0 Å². The lowest BCUT2D eigenvalue weighted by molar-refractivity contribution is -0.196. The second kappa shape index (κ2) is 26.0. The maximum Gasteiger partial charge on any atom is 0.395 e. The van der Waals surface area contributed by atoms with Crippen molar-refractivity contribution >= 4 is 46.6 Å². The zero-order valence-corrected chi connectivity index (χ0v) is 44.2. The van der Waals surface area contributed by atoms with Gasteiger partial charge in [0.05, 0.1) is 17.3 Å². The molecule has 4 aromatic rings. The van der Waals surface area contributed by atoms with Crippen LogP contribution in [0.15, 0.2) is 73.1 Å². The number of nitrogens with zero attached hydrogens (tertiary/aromatic N) is 4. The molecule has 2 saturated carbocycles. The summed E-state index contributed by atoms with van der Waals surface area (Å²) in [5.41, 5.74) is 7.12. The van der Waals surface area contributed by atoms with Crippen molar-refractivity contribution < 1.29 is 50.6 Å². The Labute approximate surface area is 434 Å². The van der Waals surface area contributed by atoms with Crippen LogP contribution in [0.4, 0.5) is 26.3 Å². The number of amides is 1. The van der Waals surface area contributed by atoms with Crippen molar-refractivity contribution in [2.24, 2.45) is 16.6 Å². The largest absolute Gasteiger partial charge is 0.481 e. The molecule has 2 heterocycles. The first-order valence-electron chi connectivity index (χ1n) is 24.3. The Morgan fingerprint density at radius 2 is 1.07 bits per heavy atom. The van der Waals surface area contributed by atoms with Crippen LogP contribution in [0.3, 0.4) is 0 Å². The van der Waals surface area contributed by atoms with Crippen molar-refractivity contribution in [2.45, 2.75) is 128 Å². The standard InChI is InChI=1S/C27H33ClF3N3O2.C14H21ClN2O.C13H14F3NO2/c1-5-24(35)19-7-6-18(22(28)14-19)13-20(34(3)4)16-33-25(36)15-21(23-12-17(2)8-11-32-23)26(9-10-26)27(29,30)31;1-4-14(18)11-6-5-10(13(15)8-11)7-12(9-16)17(2)3;1-8-2-5-17-10(6-8)9(7-11(18)19)12(3-4-12)13(14,15)16/h6-8,11-12,14,20-21H,5,9-10,13,15-16H2,1-4H3,(H,33,36);5-6,8,12H,4,7,9,16H2,1-3H3;2,5-6,9H,3-4,7H2,1H3,(H,18,19)/t20-,21?;12-;/m00./s1. The molecule has 2 aromatic carbocycles. The summed E-state index contributed by atoms with van der Waals surface area (Å²) in [7, 11) is 7.73. The predicted molar refractivity (Wildman–Crippen MR) is 272 cm³/mol. The number of nitrogens with one attached hydrogen (secondary N) is 1. The maximum atomic E-state index is 14.0. The number of carbonyl (C=O) groups excluding carboxylic acids is 3. The maximum absolute atomic E-state index is 14.0. The molecule has 73 heavy (non-hydrogen) atoms. The minimum atomic E-state index is -4.41. The molecule has 0 saturated heterocycles. The summed E-state index contributed by atoms with van der Waals surface area (Å²) < 4.78 is 81.4. The second-order valence-electron chi connectivity index (χ2n) is 19.6. The number of aryl methyl sites for hydroxylation is 2. The monoisotopic (exact) mass is 1060 g/mol. The van der Waals surface area contributed by atoms with Gasteiger partial charge in [-0.1, -0.05) is 61.3 Å². The number of rotatable bonds is 21. The summed E-state index contributed by atoms with van der Waals surface area (Å²) in [5, 5.41) is 12.8. The van der Waals surface area contributed by atoms with Gasteiger partial charge in [0.1, 0.15) is 0 Å². The van der Waals surface area contributed by atoms with Gasteiger partial charge in [0.25, 0.3) is 0 Å². The number of alkyl halides is 6. The first kappa shape index (κ1) is 60.6. The van der Waals surface area contributed by atoms with Gasteiger partial charge in [-0.2, -0.15) is 26.3 Å². The Hall–Kier alpha value is -4.94. The number of nitrogens with two attached hydrogens (primary N) is 1. The smallest absolute Gasteiger partial charge is 0.395 e. The summed E-state index contributed by atoms with van der Waals surface area (Å²) in [4.78, 5) is 59.5. The molecule has 4 N–H and O–H groups in total. The third kappa shape index (κ3) is 16.3. The highest BCUT2D eigenvalue weighted by atomic mass is 35.5. The molecule has 0 aliphatic heterocycles. The lowest BCUT2D eigenvalue weighted by Gasteiger charge is -2.29. The van der Waals surface area contributed by atoms with Crippen LogP contribution in [0, 0.1) is 24.7 Å². The molecule has 4 atom stereocenters. The minimum Gasteiger partial charge on any atom is -0.481 e. The van der Waals surface area contributed by atoms with Crippen LogP contribution in [0.1, 0.15) is 131 Å². The van der Waals surface area contributed by atoms with Gasteiger partial charge in [-0.3, -0.25) is 29.1 Å². The lowest BCUT2D eigenvalue weighted by Crippen LogP contribution is -2.43. The fourth-order valence-electron chi connectivity index (χ4n) is 8.86. The highest BCUT2D eigenvalue weighted by molar-refractivity contribution is 6.32. The summed E-state index contributed by atoms with van der Waals surface area (Å²) in [6, 6.07) is 17.4. The van der Waals surface area contributed by atoms with Crippen molar-refractivity contribution in [1.29, 1.82) is 0 Å². The Bertz CT molecular complexity index is 2530. The number of carboxylic acids is 1. The molecule has 0 radical (unpaired) electrons. The Morgan fingerprint density at radius 1 is 0.671 bits per heavy atom. The van der Waals surface area contributed by atoms with E-state index in [2.05, 4.69) is 20.2 Å². The number of halogens is 8. The van der Waals surface area contributed by atoms with E-state index in [0.717, 1.165) is 28.7 Å². The molecule has 2 aliphatic carbocycles. The summed E-state index contributed by atoms with van der Waals surface area (Å²) in [6.07, 6.45) is -4.58. The van der Waals surface area contributed by atoms with E-state index in [1.807, 2.05) is 58.2 Å². The number of likely N-dealkylation sites (N-methyl/N-ethyl adjacent to an activating group) is 2. The van der Waals surface area contributed by atoms with E-state index in [4.69, 9.17) is 34.0 Å². The van der Waals surface area contributed by atoms with Crippen molar-refractivity contribution in [3.8, 4) is 0 Å². The number of pyridine rings is 2. The lowest BCUT2D eigenvalue weighted by atomic mass is 9.82. The third-order valence-corrected chi connectivity index (χ3v) is 14.7. The quantitative estimate of drug-likeness (QED) is 0.0542. The molecule has 2 fully saturated rings. The number of hydrogen-bond donors (Lipinski definition) is 3. The van der Waals surface area contributed by atoms with Gasteiger partial charge < -0.3 is 26.0 Å². The number of aliphatic carboxylic acids is 1. The van der Waals surface area contributed by atoms with Gasteiger partial charge in [0.2, 0.25) is 5.91 Å². The van der Waals surface area contributed by atoms with Crippen molar-refractivity contribution in [3.63, 3.8) is 0 Å². The van der Waals surface area contributed by atoms with Crippen LogP contribution in [0.2, 0.25) is 10.0 Å². The summed E-state index contributed by atoms with van der Waals surface area (Å²) >= 11 is 12.6. The zero-order chi connectivity index (χ0) is 54.6. The molecule has 2 unspecified atom stereocenters. The van der Waals surface area contributed by atoms with Gasteiger partial charge in [-0.25, -0.2) is 0 Å². The number of carbonyl (C=O) groups is 4.